The van der Waals surface area contributed by atoms with Gasteiger partial charge in [-0.15, -0.1) is 0 Å². The molecule has 0 spiro atoms. The number of carbonyl (C=O) groups is 1. The zero-order valence-electron chi connectivity index (χ0n) is 20.1. The molecule has 0 saturated heterocycles. The van der Waals surface area contributed by atoms with Gasteiger partial charge >= 0.3 is 24.6 Å². The zero-order valence-corrected chi connectivity index (χ0v) is 20.1. The van der Waals surface area contributed by atoms with E-state index in [9.17, 15) is 48.7 Å². The molecule has 3 rings (SSSR count). The van der Waals surface area contributed by atoms with Gasteiger partial charge in [0.25, 0.3) is 0 Å². The van der Waals surface area contributed by atoms with E-state index >= 15 is 0 Å². The van der Waals surface area contributed by atoms with Crippen LogP contribution in [0.15, 0.2) is 36.4 Å². The average molecular weight is 559 g/mol. The van der Waals surface area contributed by atoms with Crippen LogP contribution in [0.4, 0.5) is 54.4 Å². The summed E-state index contributed by atoms with van der Waals surface area (Å²) < 4.78 is 141. The Morgan fingerprint density at radius 3 is 1.89 bits per heavy atom. The Morgan fingerprint density at radius 2 is 1.45 bits per heavy atom. The second-order valence-corrected chi connectivity index (χ2v) is 8.84. The fourth-order valence-electron chi connectivity index (χ4n) is 4.76. The smallest absolute Gasteiger partial charge is 0.416 e. The molecule has 1 heterocycles. The van der Waals surface area contributed by atoms with Gasteiger partial charge in [0.2, 0.25) is 0 Å². The highest BCUT2D eigenvalue weighted by Crippen LogP contribution is 2.49. The summed E-state index contributed by atoms with van der Waals surface area (Å²) in [6.45, 7) is 1.60. The quantitative estimate of drug-likeness (QED) is 0.343. The van der Waals surface area contributed by atoms with E-state index in [1.165, 1.54) is 6.92 Å². The van der Waals surface area contributed by atoms with Crippen LogP contribution in [0.2, 0.25) is 0 Å². The minimum atomic E-state index is -5.20. The van der Waals surface area contributed by atoms with Crippen molar-refractivity contribution in [2.75, 3.05) is 18.2 Å². The maximum atomic E-state index is 14.5. The average Bonchev–Trinajstić information content (AvgIpc) is 2.82. The van der Waals surface area contributed by atoms with E-state index in [2.05, 4.69) is 0 Å². The molecule has 2 aromatic carbocycles. The van der Waals surface area contributed by atoms with Gasteiger partial charge in [0.05, 0.1) is 35.7 Å². The number of ether oxygens (including phenoxy) is 1. The minimum Gasteiger partial charge on any atom is -0.449 e. The fourth-order valence-corrected chi connectivity index (χ4v) is 4.76. The number of anilines is 1. The number of hydrogen-bond donors (Lipinski definition) is 0. The fraction of sp³-hybridized carbons (Fsp3) is 0.480. The van der Waals surface area contributed by atoms with Crippen LogP contribution in [0.5, 0.6) is 0 Å². The van der Waals surface area contributed by atoms with E-state index in [1.807, 2.05) is 0 Å². The lowest BCUT2D eigenvalue weighted by Crippen LogP contribution is -2.46. The largest absolute Gasteiger partial charge is 0.449 e. The topological polar surface area (TPSA) is 29.5 Å². The van der Waals surface area contributed by atoms with Crippen molar-refractivity contribution in [2.45, 2.75) is 63.1 Å². The maximum absolute atomic E-state index is 14.5. The molecule has 1 aliphatic rings. The molecule has 38 heavy (non-hydrogen) atoms. The van der Waals surface area contributed by atoms with E-state index in [-0.39, 0.29) is 36.8 Å². The molecule has 0 saturated carbocycles. The minimum absolute atomic E-state index is 0.0667. The first-order valence-corrected chi connectivity index (χ1v) is 11.5. The van der Waals surface area contributed by atoms with Gasteiger partial charge in [-0.25, -0.2) is 4.79 Å². The molecular formula is C25H23F10NO2. The summed E-state index contributed by atoms with van der Waals surface area (Å²) in [5, 5.41) is 0. The summed E-state index contributed by atoms with van der Waals surface area (Å²) in [5.74, 6) is -2.95. The third kappa shape index (κ3) is 6.01. The molecule has 0 bridgehead atoms. The standard InChI is InChI=1S/C25H23F10NO2/c1-3-17-11-18(19-10-14(23(27,28)29)5-6-21(19)36(17)22(37)38-4-2)20(12-26)13-7-15(24(30,31)32)9-16(8-13)25(33,34)35/h5-10,17-18,20H,3-4,11-12H2,1-2H3/t17-,18?,20?/m0/s1. The summed E-state index contributed by atoms with van der Waals surface area (Å²) in [6, 6.07) is 2.20. The molecule has 0 fully saturated rings. The second-order valence-electron chi connectivity index (χ2n) is 8.84. The summed E-state index contributed by atoms with van der Waals surface area (Å²) in [6.07, 6.45) is -16.2. The van der Waals surface area contributed by atoms with E-state index < -0.39 is 71.4 Å². The molecule has 1 amide bonds. The maximum Gasteiger partial charge on any atom is 0.416 e. The summed E-state index contributed by atoms with van der Waals surface area (Å²) in [7, 11) is 0. The predicted molar refractivity (Wildman–Crippen MR) is 118 cm³/mol. The highest BCUT2D eigenvalue weighted by atomic mass is 19.4. The highest BCUT2D eigenvalue weighted by Gasteiger charge is 2.43. The first kappa shape index (κ1) is 29.6. The molecule has 2 aromatic rings. The Kier molecular flexibility index (Phi) is 8.28. The Bertz CT molecular complexity index is 1120. The predicted octanol–water partition coefficient (Wildman–Crippen LogP) is 8.73. The van der Waals surface area contributed by atoms with Crippen molar-refractivity contribution >= 4 is 11.8 Å². The van der Waals surface area contributed by atoms with E-state index in [0.717, 1.165) is 11.0 Å². The van der Waals surface area contributed by atoms with Crippen LogP contribution in [0, 0.1) is 0 Å². The van der Waals surface area contributed by atoms with E-state index in [4.69, 9.17) is 4.74 Å². The normalized spacial score (nSPS) is 19.2. The number of rotatable bonds is 5. The number of hydrogen-bond acceptors (Lipinski definition) is 2. The molecule has 210 valence electrons. The van der Waals surface area contributed by atoms with Crippen molar-refractivity contribution in [2.24, 2.45) is 0 Å². The van der Waals surface area contributed by atoms with Gasteiger partial charge in [0.15, 0.2) is 0 Å². The van der Waals surface area contributed by atoms with E-state index in [0.29, 0.717) is 24.3 Å². The molecule has 0 radical (unpaired) electrons. The van der Waals surface area contributed by atoms with Gasteiger partial charge in [0, 0.05) is 12.0 Å². The lowest BCUT2D eigenvalue weighted by molar-refractivity contribution is -0.143. The SMILES string of the molecule is CCOC(=O)N1c2ccc(C(F)(F)F)cc2C(C(CF)c2cc(C(F)(F)F)cc(C(F)(F)F)c2)C[C@@H]1CC. The van der Waals surface area contributed by atoms with Crippen LogP contribution in [0.25, 0.3) is 0 Å². The van der Waals surface area contributed by atoms with Gasteiger partial charge in [-0.3, -0.25) is 9.29 Å². The van der Waals surface area contributed by atoms with Gasteiger partial charge < -0.3 is 4.74 Å². The van der Waals surface area contributed by atoms with Crippen molar-refractivity contribution in [1.29, 1.82) is 0 Å². The molecule has 3 nitrogen and oxygen atoms in total. The van der Waals surface area contributed by atoms with Crippen molar-refractivity contribution < 1.29 is 53.4 Å². The van der Waals surface area contributed by atoms with Crippen molar-refractivity contribution in [3.05, 3.63) is 64.2 Å². The van der Waals surface area contributed by atoms with Crippen LogP contribution >= 0.6 is 0 Å². The Morgan fingerprint density at radius 1 is 0.895 bits per heavy atom. The summed E-state index contributed by atoms with van der Waals surface area (Å²) in [4.78, 5) is 13.8. The molecule has 0 aromatic heterocycles. The van der Waals surface area contributed by atoms with Gasteiger partial charge in [-0.1, -0.05) is 6.92 Å². The van der Waals surface area contributed by atoms with E-state index in [1.54, 1.807) is 6.92 Å². The summed E-state index contributed by atoms with van der Waals surface area (Å²) in [5.41, 5.74) is -5.48. The molecule has 1 aliphatic heterocycles. The second kappa shape index (κ2) is 10.6. The zero-order chi connectivity index (χ0) is 28.6. The first-order valence-electron chi connectivity index (χ1n) is 11.5. The Balaban J connectivity index is 2.27. The lowest BCUT2D eigenvalue weighted by Gasteiger charge is -2.42. The molecule has 13 heteroatoms. The van der Waals surface area contributed by atoms with Crippen LogP contribution in [0.1, 0.15) is 66.3 Å². The molecule has 2 unspecified atom stereocenters. The van der Waals surface area contributed by atoms with Gasteiger partial charge in [-0.2, -0.15) is 39.5 Å². The molecule has 0 N–H and O–H groups in total. The Hall–Kier alpha value is -2.99. The van der Waals surface area contributed by atoms with Crippen LogP contribution in [-0.2, 0) is 23.3 Å². The lowest BCUT2D eigenvalue weighted by atomic mass is 9.74. The number of amides is 1. The van der Waals surface area contributed by atoms with Crippen LogP contribution in [0.3, 0.4) is 0 Å². The van der Waals surface area contributed by atoms with Crippen molar-refractivity contribution in [3.8, 4) is 0 Å². The number of alkyl halides is 10. The number of fused-ring (bicyclic) bond motifs is 1. The third-order valence-corrected chi connectivity index (χ3v) is 6.53. The first-order chi connectivity index (χ1) is 17.5. The number of halogens is 10. The molecule has 0 aliphatic carbocycles. The van der Waals surface area contributed by atoms with Crippen LogP contribution < -0.4 is 4.90 Å². The number of benzene rings is 2. The third-order valence-electron chi connectivity index (χ3n) is 6.53. The summed E-state index contributed by atoms with van der Waals surface area (Å²) >= 11 is 0. The molecular weight excluding hydrogens is 536 g/mol. The van der Waals surface area contributed by atoms with Crippen molar-refractivity contribution in [1.82, 2.24) is 0 Å². The van der Waals surface area contributed by atoms with Gasteiger partial charge in [-0.05, 0) is 73.2 Å². The number of nitrogens with zero attached hydrogens (tertiary/aromatic N) is 1. The number of carbonyl (C=O) groups excluding carboxylic acids is 1. The highest BCUT2D eigenvalue weighted by molar-refractivity contribution is 5.90. The van der Waals surface area contributed by atoms with Gasteiger partial charge in [0.1, 0.15) is 0 Å². The monoisotopic (exact) mass is 559 g/mol. The van der Waals surface area contributed by atoms with Crippen LogP contribution in [-0.4, -0.2) is 25.4 Å². The Labute approximate surface area is 211 Å². The van der Waals surface area contributed by atoms with Crippen molar-refractivity contribution in [3.63, 3.8) is 0 Å². The molecule has 3 atom stereocenters.